The number of fused-ring (bicyclic) bond motifs is 1. The van der Waals surface area contributed by atoms with E-state index in [0.717, 1.165) is 22.0 Å². The fraction of sp³-hybridized carbons (Fsp3) is 0.105. The van der Waals surface area contributed by atoms with Gasteiger partial charge in [-0.25, -0.2) is 5.43 Å². The van der Waals surface area contributed by atoms with E-state index in [-0.39, 0.29) is 12.5 Å². The van der Waals surface area contributed by atoms with Crippen LogP contribution in [-0.2, 0) is 11.3 Å². The van der Waals surface area contributed by atoms with Gasteiger partial charge in [0.1, 0.15) is 0 Å². The summed E-state index contributed by atoms with van der Waals surface area (Å²) in [5, 5.41) is 6.53. The molecule has 1 aromatic heterocycles. The predicted molar refractivity (Wildman–Crippen MR) is 90.9 cm³/mol. The van der Waals surface area contributed by atoms with Crippen LogP contribution in [0.5, 0.6) is 0 Å². The van der Waals surface area contributed by atoms with E-state index in [1.54, 1.807) is 4.57 Å². The average molecular weight is 304 g/mol. The van der Waals surface area contributed by atoms with Gasteiger partial charge in [0.2, 0.25) is 6.54 Å². The highest BCUT2D eigenvalue weighted by Gasteiger charge is 2.08. The number of carbonyl (C=O) groups excluding carboxylic acids is 1. The topological polar surface area (TPSA) is 45.3 Å². The highest BCUT2D eigenvalue weighted by molar-refractivity contribution is 6.09. The fourth-order valence-corrected chi connectivity index (χ4v) is 2.49. The van der Waals surface area contributed by atoms with E-state index >= 15 is 0 Å². The summed E-state index contributed by atoms with van der Waals surface area (Å²) in [6.07, 6.45) is 3.70. The van der Waals surface area contributed by atoms with Crippen LogP contribution in [0, 0.1) is 0 Å². The van der Waals surface area contributed by atoms with E-state index in [1.807, 2.05) is 61.8 Å². The second-order valence-electron chi connectivity index (χ2n) is 5.31. The molecular formula is C19H18N3O+. The number of nitrogens with zero attached hydrogens (tertiary/aromatic N) is 2. The molecule has 0 aliphatic rings. The number of hydrogen-bond donors (Lipinski definition) is 1. The van der Waals surface area contributed by atoms with Gasteiger partial charge in [-0.3, -0.25) is 4.79 Å². The minimum absolute atomic E-state index is 0.152. The van der Waals surface area contributed by atoms with Crippen LogP contribution in [-0.4, -0.2) is 11.6 Å². The minimum atomic E-state index is -0.152. The normalized spacial score (nSPS) is 11.4. The quantitative estimate of drug-likeness (QED) is 0.449. The van der Waals surface area contributed by atoms with Crippen molar-refractivity contribution in [2.24, 2.45) is 5.10 Å². The number of nitrogens with one attached hydrogen (secondary N) is 1. The first kappa shape index (κ1) is 14.9. The van der Waals surface area contributed by atoms with Crippen molar-refractivity contribution in [3.8, 4) is 0 Å². The third-order valence-electron chi connectivity index (χ3n) is 3.63. The number of hydrogen-bond acceptors (Lipinski definition) is 2. The summed E-state index contributed by atoms with van der Waals surface area (Å²) in [6, 6.07) is 19.9. The number of aromatic nitrogens is 1. The van der Waals surface area contributed by atoms with Crippen LogP contribution < -0.4 is 9.99 Å². The van der Waals surface area contributed by atoms with E-state index in [9.17, 15) is 4.79 Å². The molecule has 0 unspecified atom stereocenters. The van der Waals surface area contributed by atoms with Crippen LogP contribution in [0.2, 0.25) is 0 Å². The number of pyridine rings is 1. The van der Waals surface area contributed by atoms with E-state index in [1.165, 1.54) is 0 Å². The summed E-state index contributed by atoms with van der Waals surface area (Å²) in [5.41, 5.74) is 4.43. The molecule has 0 atom stereocenters. The van der Waals surface area contributed by atoms with Crippen molar-refractivity contribution in [2.45, 2.75) is 13.5 Å². The fourth-order valence-electron chi connectivity index (χ4n) is 2.49. The van der Waals surface area contributed by atoms with Crippen molar-refractivity contribution in [1.82, 2.24) is 5.43 Å². The van der Waals surface area contributed by atoms with Gasteiger partial charge in [-0.05, 0) is 17.7 Å². The maximum absolute atomic E-state index is 12.0. The van der Waals surface area contributed by atoms with Crippen molar-refractivity contribution < 1.29 is 9.36 Å². The summed E-state index contributed by atoms with van der Waals surface area (Å²) < 4.78 is 1.80. The molecule has 2 aromatic carbocycles. The van der Waals surface area contributed by atoms with Gasteiger partial charge < -0.3 is 0 Å². The third kappa shape index (κ3) is 3.61. The molecule has 1 N–H and O–H groups in total. The standard InChI is InChI=1S/C19H17N3O/c1-15(17-11-7-9-16-8-3-4-10-18(16)17)20-21-19(23)14-22-12-5-2-6-13-22/h2-13H,14H2,1H3/p+1. The van der Waals surface area contributed by atoms with Crippen LogP contribution in [0.15, 0.2) is 78.2 Å². The van der Waals surface area contributed by atoms with Gasteiger partial charge in [-0.1, -0.05) is 48.5 Å². The lowest BCUT2D eigenvalue weighted by Gasteiger charge is -2.06. The average Bonchev–Trinajstić information content (AvgIpc) is 2.60. The van der Waals surface area contributed by atoms with Crippen molar-refractivity contribution in [1.29, 1.82) is 0 Å². The van der Waals surface area contributed by atoms with Crippen molar-refractivity contribution in [3.05, 3.63) is 78.6 Å². The molecule has 1 heterocycles. The first-order valence-electron chi connectivity index (χ1n) is 7.49. The summed E-state index contributed by atoms with van der Waals surface area (Å²) in [6.45, 7) is 2.14. The van der Waals surface area contributed by atoms with Gasteiger partial charge >= 0.3 is 5.91 Å². The van der Waals surface area contributed by atoms with Gasteiger partial charge in [-0.2, -0.15) is 9.67 Å². The van der Waals surface area contributed by atoms with E-state index in [0.29, 0.717) is 0 Å². The number of rotatable bonds is 4. The minimum Gasteiger partial charge on any atom is -0.266 e. The smallest absolute Gasteiger partial charge is 0.266 e. The third-order valence-corrected chi connectivity index (χ3v) is 3.63. The van der Waals surface area contributed by atoms with Gasteiger partial charge in [0.05, 0.1) is 5.71 Å². The second-order valence-corrected chi connectivity index (χ2v) is 5.31. The predicted octanol–water partition coefficient (Wildman–Crippen LogP) is 2.67. The molecule has 3 rings (SSSR count). The molecule has 0 aliphatic carbocycles. The van der Waals surface area contributed by atoms with Crippen LogP contribution in [0.3, 0.4) is 0 Å². The van der Waals surface area contributed by atoms with E-state index in [2.05, 4.69) is 28.7 Å². The lowest BCUT2D eigenvalue weighted by molar-refractivity contribution is -0.684. The highest BCUT2D eigenvalue weighted by atomic mass is 16.2. The maximum atomic E-state index is 12.0. The SMILES string of the molecule is CC(=NNC(=O)C[n+]1ccccc1)c1cccc2ccccc12. The number of carbonyl (C=O) groups is 1. The van der Waals surface area contributed by atoms with Crippen LogP contribution in [0.4, 0.5) is 0 Å². The molecule has 0 aliphatic heterocycles. The van der Waals surface area contributed by atoms with Crippen molar-refractivity contribution in [3.63, 3.8) is 0 Å². The molecule has 0 bridgehead atoms. The molecule has 0 spiro atoms. The second kappa shape index (κ2) is 6.83. The summed E-state index contributed by atoms with van der Waals surface area (Å²) >= 11 is 0. The number of hydrazone groups is 1. The summed E-state index contributed by atoms with van der Waals surface area (Å²) in [7, 11) is 0. The van der Waals surface area contributed by atoms with Crippen LogP contribution in [0.1, 0.15) is 12.5 Å². The molecule has 3 aromatic rings. The monoisotopic (exact) mass is 304 g/mol. The molecular weight excluding hydrogens is 286 g/mol. The Hall–Kier alpha value is -3.01. The Labute approximate surface area is 135 Å². The molecule has 1 amide bonds. The van der Waals surface area contributed by atoms with Gasteiger partial charge in [-0.15, -0.1) is 0 Å². The molecule has 114 valence electrons. The van der Waals surface area contributed by atoms with E-state index in [4.69, 9.17) is 0 Å². The zero-order valence-corrected chi connectivity index (χ0v) is 12.9. The Balaban J connectivity index is 1.75. The van der Waals surface area contributed by atoms with Gasteiger partial charge in [0.25, 0.3) is 0 Å². The Morgan fingerprint density at radius 3 is 2.57 bits per heavy atom. The zero-order valence-electron chi connectivity index (χ0n) is 12.9. The number of benzene rings is 2. The van der Waals surface area contributed by atoms with E-state index < -0.39 is 0 Å². The largest absolute Gasteiger partial charge is 0.305 e. The Kier molecular flexibility index (Phi) is 4.43. The van der Waals surface area contributed by atoms with Crippen molar-refractivity contribution in [2.75, 3.05) is 0 Å². The molecule has 0 radical (unpaired) electrons. The Morgan fingerprint density at radius 1 is 1.00 bits per heavy atom. The lowest BCUT2D eigenvalue weighted by atomic mass is 10.0. The van der Waals surface area contributed by atoms with Gasteiger partial charge in [0, 0.05) is 17.7 Å². The maximum Gasteiger partial charge on any atom is 0.305 e. The first-order chi connectivity index (χ1) is 11.2. The Bertz CT molecular complexity index is 851. The molecule has 0 saturated carbocycles. The number of amides is 1. The lowest BCUT2D eigenvalue weighted by Crippen LogP contribution is -2.41. The molecule has 4 nitrogen and oxygen atoms in total. The molecule has 4 heteroatoms. The first-order valence-corrected chi connectivity index (χ1v) is 7.49. The van der Waals surface area contributed by atoms with Crippen molar-refractivity contribution >= 4 is 22.4 Å². The summed E-state index contributed by atoms with van der Waals surface area (Å²) in [5.74, 6) is -0.152. The highest BCUT2D eigenvalue weighted by Crippen LogP contribution is 2.18. The Morgan fingerprint density at radius 2 is 1.74 bits per heavy atom. The molecule has 0 saturated heterocycles. The van der Waals surface area contributed by atoms with Crippen LogP contribution >= 0.6 is 0 Å². The molecule has 23 heavy (non-hydrogen) atoms. The van der Waals surface area contributed by atoms with Crippen LogP contribution in [0.25, 0.3) is 10.8 Å². The van der Waals surface area contributed by atoms with Gasteiger partial charge in [0.15, 0.2) is 12.4 Å². The molecule has 0 fully saturated rings. The zero-order chi connectivity index (χ0) is 16.1. The summed E-state index contributed by atoms with van der Waals surface area (Å²) in [4.78, 5) is 12.0.